The molecule has 0 bridgehead atoms. The summed E-state index contributed by atoms with van der Waals surface area (Å²) in [5.74, 6) is -0.0564. The van der Waals surface area contributed by atoms with Crippen molar-refractivity contribution in [2.24, 2.45) is 0 Å². The zero-order valence-electron chi connectivity index (χ0n) is 14.0. The summed E-state index contributed by atoms with van der Waals surface area (Å²) >= 11 is 0. The van der Waals surface area contributed by atoms with E-state index in [-0.39, 0.29) is 17.8 Å². The number of hydrogen-bond acceptors (Lipinski definition) is 4. The first-order valence-electron chi connectivity index (χ1n) is 8.06. The fourth-order valence-corrected chi connectivity index (χ4v) is 2.48. The van der Waals surface area contributed by atoms with Gasteiger partial charge in [0.2, 0.25) is 5.95 Å². The van der Waals surface area contributed by atoms with Crippen LogP contribution in [-0.4, -0.2) is 29.6 Å². The molecule has 0 radical (unpaired) electrons. The number of hydrogen-bond donors (Lipinski definition) is 1. The van der Waals surface area contributed by atoms with Crippen molar-refractivity contribution in [1.29, 1.82) is 0 Å². The monoisotopic (exact) mass is 356 g/mol. The van der Waals surface area contributed by atoms with Crippen molar-refractivity contribution in [2.75, 3.05) is 24.5 Å². The van der Waals surface area contributed by atoms with Crippen molar-refractivity contribution >= 4 is 5.95 Å². The molecule has 1 atom stereocenters. The molecule has 1 aliphatic rings. The SMILES string of the molecule is CC.Fc1ccc(C2CN(c3ncc(C(F)(F)F)cn3)CCN2)cc1. The summed E-state index contributed by atoms with van der Waals surface area (Å²) in [5, 5.41) is 3.29. The quantitative estimate of drug-likeness (QED) is 0.831. The molecule has 2 heterocycles. The third kappa shape index (κ3) is 4.88. The van der Waals surface area contributed by atoms with Crippen molar-refractivity contribution in [3.8, 4) is 0 Å². The van der Waals surface area contributed by atoms with Crippen LogP contribution in [-0.2, 0) is 6.18 Å². The zero-order chi connectivity index (χ0) is 18.4. The molecule has 8 heteroatoms. The summed E-state index contributed by atoms with van der Waals surface area (Å²) in [5.41, 5.74) is 0.0366. The smallest absolute Gasteiger partial charge is 0.338 e. The molecule has 0 amide bonds. The number of aromatic nitrogens is 2. The lowest BCUT2D eigenvalue weighted by Gasteiger charge is -2.34. The summed E-state index contributed by atoms with van der Waals surface area (Å²) in [4.78, 5) is 9.45. The van der Waals surface area contributed by atoms with E-state index in [2.05, 4.69) is 15.3 Å². The minimum absolute atomic E-state index is 0.0600. The highest BCUT2D eigenvalue weighted by Gasteiger charge is 2.32. The molecule has 1 aliphatic heterocycles. The summed E-state index contributed by atoms with van der Waals surface area (Å²) in [6, 6.07) is 6.07. The Morgan fingerprint density at radius 2 is 1.68 bits per heavy atom. The van der Waals surface area contributed by atoms with Gasteiger partial charge in [-0.3, -0.25) is 0 Å². The van der Waals surface area contributed by atoms with Gasteiger partial charge in [0, 0.05) is 38.1 Å². The lowest BCUT2D eigenvalue weighted by molar-refractivity contribution is -0.138. The Balaban J connectivity index is 0.00000109. The molecule has 25 heavy (non-hydrogen) atoms. The van der Waals surface area contributed by atoms with Gasteiger partial charge in [-0.15, -0.1) is 0 Å². The van der Waals surface area contributed by atoms with E-state index in [1.54, 1.807) is 12.1 Å². The molecule has 1 saturated heterocycles. The lowest BCUT2D eigenvalue weighted by Crippen LogP contribution is -2.46. The maximum atomic E-state index is 13.0. The largest absolute Gasteiger partial charge is 0.419 e. The number of alkyl halides is 3. The van der Waals surface area contributed by atoms with Gasteiger partial charge >= 0.3 is 6.18 Å². The normalized spacial score (nSPS) is 17.7. The third-order valence-electron chi connectivity index (χ3n) is 3.70. The number of halogens is 4. The van der Waals surface area contributed by atoms with Crippen LogP contribution >= 0.6 is 0 Å². The Morgan fingerprint density at radius 3 is 2.24 bits per heavy atom. The minimum Gasteiger partial charge on any atom is -0.338 e. The Hall–Kier alpha value is -2.22. The van der Waals surface area contributed by atoms with E-state index in [1.807, 2.05) is 18.7 Å². The highest BCUT2D eigenvalue weighted by atomic mass is 19.4. The van der Waals surface area contributed by atoms with Gasteiger partial charge in [0.25, 0.3) is 0 Å². The second-order valence-corrected chi connectivity index (χ2v) is 5.27. The Labute approximate surface area is 143 Å². The van der Waals surface area contributed by atoms with Crippen LogP contribution in [0.4, 0.5) is 23.5 Å². The molecule has 3 rings (SSSR count). The molecule has 1 unspecified atom stereocenters. The second-order valence-electron chi connectivity index (χ2n) is 5.27. The maximum Gasteiger partial charge on any atom is 0.419 e. The summed E-state index contributed by atoms with van der Waals surface area (Å²) in [7, 11) is 0. The number of benzene rings is 1. The highest BCUT2D eigenvalue weighted by Crippen LogP contribution is 2.28. The number of anilines is 1. The molecule has 0 aliphatic carbocycles. The number of nitrogens with one attached hydrogen (secondary N) is 1. The van der Waals surface area contributed by atoms with E-state index in [0.29, 0.717) is 19.6 Å². The fourth-order valence-electron chi connectivity index (χ4n) is 2.48. The third-order valence-corrected chi connectivity index (χ3v) is 3.70. The van der Waals surface area contributed by atoms with Gasteiger partial charge in [0.15, 0.2) is 0 Å². The Bertz CT molecular complexity index is 656. The van der Waals surface area contributed by atoms with Gasteiger partial charge in [-0.1, -0.05) is 26.0 Å². The van der Waals surface area contributed by atoms with Crippen LogP contribution in [0.25, 0.3) is 0 Å². The van der Waals surface area contributed by atoms with E-state index in [1.165, 1.54) is 12.1 Å². The highest BCUT2D eigenvalue weighted by molar-refractivity contribution is 5.34. The molecule has 1 fully saturated rings. The van der Waals surface area contributed by atoms with Crippen molar-refractivity contribution in [3.63, 3.8) is 0 Å². The fraction of sp³-hybridized carbons (Fsp3) is 0.412. The summed E-state index contributed by atoms with van der Waals surface area (Å²) < 4.78 is 50.6. The Morgan fingerprint density at radius 1 is 1.08 bits per heavy atom. The molecule has 0 spiro atoms. The molecule has 2 aromatic rings. The van der Waals surface area contributed by atoms with E-state index >= 15 is 0 Å². The van der Waals surface area contributed by atoms with Gasteiger partial charge in [-0.2, -0.15) is 13.2 Å². The van der Waals surface area contributed by atoms with Crippen LogP contribution < -0.4 is 10.2 Å². The second kappa shape index (κ2) is 8.24. The number of rotatable bonds is 2. The average molecular weight is 356 g/mol. The van der Waals surface area contributed by atoms with Crippen LogP contribution in [0.2, 0.25) is 0 Å². The van der Waals surface area contributed by atoms with Crippen molar-refractivity contribution in [3.05, 3.63) is 53.6 Å². The van der Waals surface area contributed by atoms with Crippen molar-refractivity contribution < 1.29 is 17.6 Å². The standard InChI is InChI=1S/C15H14F4N4.C2H6/c16-12-3-1-10(2-4-12)13-9-23(6-5-20-13)14-21-7-11(8-22-14)15(17,18)19;1-2/h1-4,7-8,13,20H,5-6,9H2;1-2H3. The van der Waals surface area contributed by atoms with E-state index < -0.39 is 11.7 Å². The molecule has 1 aromatic carbocycles. The van der Waals surface area contributed by atoms with Crippen LogP contribution in [0.15, 0.2) is 36.7 Å². The van der Waals surface area contributed by atoms with Gasteiger partial charge < -0.3 is 10.2 Å². The lowest BCUT2D eigenvalue weighted by atomic mass is 10.0. The van der Waals surface area contributed by atoms with Gasteiger partial charge in [-0.25, -0.2) is 14.4 Å². The molecule has 136 valence electrons. The van der Waals surface area contributed by atoms with E-state index in [0.717, 1.165) is 18.0 Å². The first-order valence-corrected chi connectivity index (χ1v) is 8.06. The molecule has 1 aromatic heterocycles. The maximum absolute atomic E-state index is 13.0. The molecule has 4 nitrogen and oxygen atoms in total. The number of piperazine rings is 1. The molecular formula is C17H20F4N4. The van der Waals surface area contributed by atoms with Crippen LogP contribution in [0.3, 0.4) is 0 Å². The summed E-state index contributed by atoms with van der Waals surface area (Å²) in [6.45, 7) is 5.71. The van der Waals surface area contributed by atoms with E-state index in [4.69, 9.17) is 0 Å². The van der Waals surface area contributed by atoms with Gasteiger partial charge in [-0.05, 0) is 17.7 Å². The first-order chi connectivity index (χ1) is 11.9. The van der Waals surface area contributed by atoms with Crippen LogP contribution in [0.1, 0.15) is 31.0 Å². The van der Waals surface area contributed by atoms with Crippen LogP contribution in [0, 0.1) is 5.82 Å². The predicted molar refractivity (Wildman–Crippen MR) is 87.7 cm³/mol. The topological polar surface area (TPSA) is 41.1 Å². The first kappa shape index (κ1) is 19.1. The van der Waals surface area contributed by atoms with Crippen molar-refractivity contribution in [2.45, 2.75) is 26.1 Å². The van der Waals surface area contributed by atoms with Crippen LogP contribution in [0.5, 0.6) is 0 Å². The summed E-state index contributed by atoms with van der Waals surface area (Å²) in [6.07, 6.45) is -2.87. The Kier molecular flexibility index (Phi) is 6.30. The van der Waals surface area contributed by atoms with Gasteiger partial charge in [0.05, 0.1) is 5.56 Å². The molecule has 1 N–H and O–H groups in total. The zero-order valence-corrected chi connectivity index (χ0v) is 14.0. The average Bonchev–Trinajstić information content (AvgIpc) is 2.63. The van der Waals surface area contributed by atoms with Crippen molar-refractivity contribution in [1.82, 2.24) is 15.3 Å². The predicted octanol–water partition coefficient (Wildman–Crippen LogP) is 3.81. The van der Waals surface area contributed by atoms with E-state index in [9.17, 15) is 17.6 Å². The van der Waals surface area contributed by atoms with Gasteiger partial charge in [0.1, 0.15) is 5.82 Å². The molecular weight excluding hydrogens is 336 g/mol. The molecule has 0 saturated carbocycles. The number of nitrogens with zero attached hydrogens (tertiary/aromatic N) is 3. The minimum atomic E-state index is -4.45.